The monoisotopic (exact) mass is 255 g/mol. The number of hydrogen-bond donors (Lipinski definition) is 0. The van der Waals surface area contributed by atoms with Gasteiger partial charge >= 0.3 is 0 Å². The predicted molar refractivity (Wildman–Crippen MR) is 74.0 cm³/mol. The van der Waals surface area contributed by atoms with E-state index in [1.54, 1.807) is 6.20 Å². The molecular formula is C16H17NO2. The van der Waals surface area contributed by atoms with E-state index in [9.17, 15) is 4.79 Å². The van der Waals surface area contributed by atoms with Crippen molar-refractivity contribution >= 4 is 5.78 Å². The molecule has 0 aliphatic carbocycles. The molecule has 3 nitrogen and oxygen atoms in total. The number of benzene rings is 1. The standard InChI is InChI=1S/C16H17NO2/c1-2-15(18)11-13-6-8-16(9-7-13)19-12-14-5-3-4-10-17-14/h3-10H,2,11-12H2,1H3. The van der Waals surface area contributed by atoms with Gasteiger partial charge in [0.25, 0.3) is 0 Å². The number of rotatable bonds is 6. The van der Waals surface area contributed by atoms with Crippen molar-refractivity contribution in [2.45, 2.75) is 26.4 Å². The number of carbonyl (C=O) groups excluding carboxylic acids is 1. The van der Waals surface area contributed by atoms with E-state index in [4.69, 9.17) is 4.74 Å². The van der Waals surface area contributed by atoms with Crippen LogP contribution in [-0.4, -0.2) is 10.8 Å². The molecule has 1 heterocycles. The number of aromatic nitrogens is 1. The maximum atomic E-state index is 11.3. The fourth-order valence-corrected chi connectivity index (χ4v) is 1.70. The number of ketones is 1. The SMILES string of the molecule is CCC(=O)Cc1ccc(OCc2ccccn2)cc1. The lowest BCUT2D eigenvalue weighted by Gasteiger charge is -2.06. The summed E-state index contributed by atoms with van der Waals surface area (Å²) in [4.78, 5) is 15.5. The highest BCUT2D eigenvalue weighted by Gasteiger charge is 2.01. The Morgan fingerprint density at radius 1 is 1.16 bits per heavy atom. The molecule has 0 aliphatic heterocycles. The number of nitrogens with zero attached hydrogens (tertiary/aromatic N) is 1. The number of ether oxygens (including phenoxy) is 1. The molecule has 0 radical (unpaired) electrons. The average Bonchev–Trinajstić information content (AvgIpc) is 2.47. The molecule has 0 atom stereocenters. The highest BCUT2D eigenvalue weighted by Crippen LogP contribution is 2.14. The normalized spacial score (nSPS) is 10.2. The van der Waals surface area contributed by atoms with Crippen molar-refractivity contribution in [3.8, 4) is 5.75 Å². The van der Waals surface area contributed by atoms with Gasteiger partial charge in [0.1, 0.15) is 18.1 Å². The Hall–Kier alpha value is -2.16. The zero-order chi connectivity index (χ0) is 13.5. The van der Waals surface area contributed by atoms with Crippen molar-refractivity contribution in [1.82, 2.24) is 4.98 Å². The molecule has 0 N–H and O–H groups in total. The molecule has 0 saturated carbocycles. The first-order valence-electron chi connectivity index (χ1n) is 6.41. The Morgan fingerprint density at radius 2 is 1.95 bits per heavy atom. The van der Waals surface area contributed by atoms with Crippen LogP contribution in [0.3, 0.4) is 0 Å². The van der Waals surface area contributed by atoms with Crippen LogP contribution < -0.4 is 4.74 Å². The minimum absolute atomic E-state index is 0.252. The third-order valence-corrected chi connectivity index (χ3v) is 2.83. The first-order chi connectivity index (χ1) is 9.28. The van der Waals surface area contributed by atoms with Crippen LogP contribution in [0.2, 0.25) is 0 Å². The van der Waals surface area contributed by atoms with Crippen molar-refractivity contribution in [3.63, 3.8) is 0 Å². The van der Waals surface area contributed by atoms with Crippen molar-refractivity contribution in [2.75, 3.05) is 0 Å². The second-order valence-corrected chi connectivity index (χ2v) is 4.32. The molecule has 0 unspecified atom stereocenters. The molecule has 2 rings (SSSR count). The fraction of sp³-hybridized carbons (Fsp3) is 0.250. The van der Waals surface area contributed by atoms with E-state index in [-0.39, 0.29) is 5.78 Å². The van der Waals surface area contributed by atoms with Gasteiger partial charge in [-0.3, -0.25) is 9.78 Å². The third kappa shape index (κ3) is 4.21. The van der Waals surface area contributed by atoms with Gasteiger partial charge in [-0.2, -0.15) is 0 Å². The molecule has 3 heteroatoms. The lowest BCUT2D eigenvalue weighted by molar-refractivity contribution is -0.118. The summed E-state index contributed by atoms with van der Waals surface area (Å²) in [5.41, 5.74) is 1.92. The number of Topliss-reactive ketones (excluding diaryl/α,β-unsaturated/α-hetero) is 1. The topological polar surface area (TPSA) is 39.2 Å². The van der Waals surface area contributed by atoms with Crippen molar-refractivity contribution in [3.05, 3.63) is 59.9 Å². The van der Waals surface area contributed by atoms with Crippen LogP contribution in [0.15, 0.2) is 48.7 Å². The molecule has 0 fully saturated rings. The van der Waals surface area contributed by atoms with E-state index in [0.29, 0.717) is 19.4 Å². The van der Waals surface area contributed by atoms with E-state index >= 15 is 0 Å². The molecule has 19 heavy (non-hydrogen) atoms. The third-order valence-electron chi connectivity index (χ3n) is 2.83. The summed E-state index contributed by atoms with van der Waals surface area (Å²) in [6.45, 7) is 2.33. The first kappa shape index (κ1) is 13.3. The summed E-state index contributed by atoms with van der Waals surface area (Å²) in [7, 11) is 0. The molecule has 0 amide bonds. The van der Waals surface area contributed by atoms with Gasteiger partial charge in [0.2, 0.25) is 0 Å². The zero-order valence-electron chi connectivity index (χ0n) is 11.0. The molecule has 1 aromatic carbocycles. The second kappa shape index (κ2) is 6.69. The smallest absolute Gasteiger partial charge is 0.136 e. The predicted octanol–water partition coefficient (Wildman–Crippen LogP) is 3.18. The maximum absolute atomic E-state index is 11.3. The highest BCUT2D eigenvalue weighted by molar-refractivity contribution is 5.80. The second-order valence-electron chi connectivity index (χ2n) is 4.32. The van der Waals surface area contributed by atoms with Crippen LogP contribution in [0, 0.1) is 0 Å². The summed E-state index contributed by atoms with van der Waals surface area (Å²) >= 11 is 0. The molecule has 1 aromatic heterocycles. The summed E-state index contributed by atoms with van der Waals surface area (Å²) in [5, 5.41) is 0. The number of pyridine rings is 1. The van der Waals surface area contributed by atoms with Crippen LogP contribution in [0.25, 0.3) is 0 Å². The largest absolute Gasteiger partial charge is 0.487 e. The van der Waals surface area contributed by atoms with Gasteiger partial charge < -0.3 is 4.74 Å². The van der Waals surface area contributed by atoms with Crippen LogP contribution in [0.1, 0.15) is 24.6 Å². The molecule has 0 aliphatic rings. The van der Waals surface area contributed by atoms with Crippen molar-refractivity contribution in [2.24, 2.45) is 0 Å². The Bertz CT molecular complexity index is 520. The van der Waals surface area contributed by atoms with Gasteiger partial charge in [-0.05, 0) is 29.8 Å². The minimum atomic E-state index is 0.252. The summed E-state index contributed by atoms with van der Waals surface area (Å²) in [6, 6.07) is 13.4. The molecule has 0 spiro atoms. The zero-order valence-corrected chi connectivity index (χ0v) is 11.0. The number of hydrogen-bond acceptors (Lipinski definition) is 3. The van der Waals surface area contributed by atoms with E-state index in [1.165, 1.54) is 0 Å². The summed E-state index contributed by atoms with van der Waals surface area (Å²) < 4.78 is 5.63. The van der Waals surface area contributed by atoms with Crippen LogP contribution in [0.5, 0.6) is 5.75 Å². The quantitative estimate of drug-likeness (QED) is 0.795. The van der Waals surface area contributed by atoms with Crippen LogP contribution >= 0.6 is 0 Å². The lowest BCUT2D eigenvalue weighted by Crippen LogP contribution is -2.01. The van der Waals surface area contributed by atoms with E-state index in [2.05, 4.69) is 4.98 Å². The van der Waals surface area contributed by atoms with Crippen molar-refractivity contribution < 1.29 is 9.53 Å². The summed E-state index contributed by atoms with van der Waals surface area (Å²) in [6.07, 6.45) is 2.83. The Balaban J connectivity index is 1.90. The Labute approximate surface area is 113 Å². The maximum Gasteiger partial charge on any atom is 0.136 e. The molecular weight excluding hydrogens is 238 g/mol. The van der Waals surface area contributed by atoms with Gasteiger partial charge in [-0.15, -0.1) is 0 Å². The van der Waals surface area contributed by atoms with Gasteiger partial charge in [0.05, 0.1) is 5.69 Å². The summed E-state index contributed by atoms with van der Waals surface area (Å²) in [5.74, 6) is 1.04. The van der Waals surface area contributed by atoms with Gasteiger partial charge in [-0.25, -0.2) is 0 Å². The van der Waals surface area contributed by atoms with Crippen LogP contribution in [0.4, 0.5) is 0 Å². The Morgan fingerprint density at radius 3 is 2.58 bits per heavy atom. The van der Waals surface area contributed by atoms with Crippen molar-refractivity contribution in [1.29, 1.82) is 0 Å². The molecule has 98 valence electrons. The first-order valence-corrected chi connectivity index (χ1v) is 6.41. The van der Waals surface area contributed by atoms with Gasteiger partial charge in [0.15, 0.2) is 0 Å². The van der Waals surface area contributed by atoms with E-state index in [1.807, 2.05) is 49.4 Å². The molecule has 0 bridgehead atoms. The number of carbonyl (C=O) groups is 1. The van der Waals surface area contributed by atoms with Gasteiger partial charge in [-0.1, -0.05) is 25.1 Å². The van der Waals surface area contributed by atoms with E-state index < -0.39 is 0 Å². The highest BCUT2D eigenvalue weighted by atomic mass is 16.5. The Kier molecular flexibility index (Phi) is 4.67. The minimum Gasteiger partial charge on any atom is -0.487 e. The van der Waals surface area contributed by atoms with Crippen LogP contribution in [-0.2, 0) is 17.8 Å². The van der Waals surface area contributed by atoms with E-state index in [0.717, 1.165) is 17.0 Å². The lowest BCUT2D eigenvalue weighted by atomic mass is 10.1. The molecule has 2 aromatic rings. The molecule has 0 saturated heterocycles. The fourth-order valence-electron chi connectivity index (χ4n) is 1.70. The van der Waals surface area contributed by atoms with Gasteiger partial charge in [0, 0.05) is 19.0 Å². The average molecular weight is 255 g/mol.